The monoisotopic (exact) mass is 334 g/mol. The molecule has 24 heavy (non-hydrogen) atoms. The zero-order valence-corrected chi connectivity index (χ0v) is 15.6. The van der Waals surface area contributed by atoms with Gasteiger partial charge in [0.15, 0.2) is 0 Å². The molecule has 0 radical (unpaired) electrons. The molecule has 0 spiro atoms. The summed E-state index contributed by atoms with van der Waals surface area (Å²) in [6.07, 6.45) is 0.311. The number of carbonyl (C=O) groups is 2. The molecule has 0 aliphatic heterocycles. The fraction of sp³-hybridized carbons (Fsp3) is 0.579. The van der Waals surface area contributed by atoms with Crippen LogP contribution in [0.1, 0.15) is 51.8 Å². The topological polar surface area (TPSA) is 67.4 Å². The highest BCUT2D eigenvalue weighted by atomic mass is 16.5. The van der Waals surface area contributed by atoms with Crippen LogP contribution < -0.4 is 10.6 Å². The molecule has 5 nitrogen and oxygen atoms in total. The average molecular weight is 334 g/mol. The Hall–Kier alpha value is -1.88. The van der Waals surface area contributed by atoms with Crippen molar-refractivity contribution >= 4 is 12.0 Å². The van der Waals surface area contributed by atoms with Gasteiger partial charge in [-0.1, -0.05) is 52.0 Å². The van der Waals surface area contributed by atoms with Gasteiger partial charge >= 0.3 is 6.09 Å². The third kappa shape index (κ3) is 6.32. The first kappa shape index (κ1) is 20.2. The lowest BCUT2D eigenvalue weighted by Crippen LogP contribution is -2.46. The summed E-state index contributed by atoms with van der Waals surface area (Å²) in [5, 5.41) is 5.50. The van der Waals surface area contributed by atoms with Crippen molar-refractivity contribution < 1.29 is 14.3 Å². The molecule has 0 heterocycles. The van der Waals surface area contributed by atoms with E-state index in [2.05, 4.69) is 67.3 Å². The summed E-state index contributed by atoms with van der Waals surface area (Å²) in [4.78, 5) is 23.2. The Morgan fingerprint density at radius 3 is 2.08 bits per heavy atom. The molecular formula is C19H30N2O3. The Balaban J connectivity index is 2.79. The number of alkyl carbamates (subject to hydrolysis) is 1. The van der Waals surface area contributed by atoms with Gasteiger partial charge in [0.05, 0.1) is 13.2 Å². The van der Waals surface area contributed by atoms with Crippen LogP contribution in [0.2, 0.25) is 0 Å². The highest BCUT2D eigenvalue weighted by Crippen LogP contribution is 2.23. The maximum absolute atomic E-state index is 12.0. The number of benzene rings is 1. The van der Waals surface area contributed by atoms with E-state index in [4.69, 9.17) is 0 Å². The van der Waals surface area contributed by atoms with Crippen molar-refractivity contribution in [3.05, 3.63) is 35.4 Å². The Kier molecular flexibility index (Phi) is 7.92. The zero-order valence-electron chi connectivity index (χ0n) is 15.6. The maximum Gasteiger partial charge on any atom is 0.413 e. The fourth-order valence-corrected chi connectivity index (χ4v) is 2.61. The summed E-state index contributed by atoms with van der Waals surface area (Å²) in [7, 11) is 1.23. The number of ether oxygens (including phenoxy) is 1. The van der Waals surface area contributed by atoms with Gasteiger partial charge in [0.1, 0.15) is 0 Å². The van der Waals surface area contributed by atoms with E-state index >= 15 is 0 Å². The molecular weight excluding hydrogens is 304 g/mol. The van der Waals surface area contributed by atoms with Crippen LogP contribution in [-0.2, 0) is 16.0 Å². The highest BCUT2D eigenvalue weighted by molar-refractivity contribution is 5.94. The Morgan fingerprint density at radius 1 is 1.04 bits per heavy atom. The molecule has 5 heteroatoms. The SMILES string of the molecule is COC(=O)NC(=O)[C@H](C)N[C@H](c1ccc(CC(C)C)cc1)C(C)C. The van der Waals surface area contributed by atoms with Crippen LogP contribution in [-0.4, -0.2) is 25.2 Å². The quantitative estimate of drug-likeness (QED) is 0.801. The van der Waals surface area contributed by atoms with Gasteiger partial charge < -0.3 is 4.74 Å². The van der Waals surface area contributed by atoms with Crippen molar-refractivity contribution in [2.24, 2.45) is 11.8 Å². The predicted molar refractivity (Wildman–Crippen MR) is 95.7 cm³/mol. The van der Waals surface area contributed by atoms with Gasteiger partial charge in [-0.2, -0.15) is 0 Å². The third-order valence-corrected chi connectivity index (χ3v) is 3.88. The number of methoxy groups -OCH3 is 1. The normalized spacial score (nSPS) is 13.7. The summed E-state index contributed by atoms with van der Waals surface area (Å²) < 4.78 is 4.45. The Morgan fingerprint density at radius 2 is 1.62 bits per heavy atom. The molecule has 1 aromatic carbocycles. The number of hydrogen-bond donors (Lipinski definition) is 2. The minimum absolute atomic E-state index is 0.0245. The second kappa shape index (κ2) is 9.42. The molecule has 0 fully saturated rings. The number of rotatable bonds is 7. The molecule has 0 unspecified atom stereocenters. The first-order valence-corrected chi connectivity index (χ1v) is 8.48. The highest BCUT2D eigenvalue weighted by Gasteiger charge is 2.23. The second-order valence-corrected chi connectivity index (χ2v) is 6.93. The number of carbonyl (C=O) groups excluding carboxylic acids is 2. The zero-order chi connectivity index (χ0) is 18.3. The van der Waals surface area contributed by atoms with E-state index in [1.807, 2.05) is 0 Å². The van der Waals surface area contributed by atoms with Gasteiger partial charge in [-0.25, -0.2) is 4.79 Å². The van der Waals surface area contributed by atoms with Crippen molar-refractivity contribution in [3.8, 4) is 0 Å². The molecule has 0 aliphatic carbocycles. The van der Waals surface area contributed by atoms with Gasteiger partial charge in [-0.05, 0) is 36.3 Å². The molecule has 0 aromatic heterocycles. The van der Waals surface area contributed by atoms with E-state index in [1.54, 1.807) is 6.92 Å². The van der Waals surface area contributed by atoms with Gasteiger partial charge in [0.25, 0.3) is 0 Å². The Bertz CT molecular complexity index is 538. The van der Waals surface area contributed by atoms with Gasteiger partial charge in [-0.3, -0.25) is 15.4 Å². The van der Waals surface area contributed by atoms with E-state index in [1.165, 1.54) is 12.7 Å². The molecule has 0 aliphatic rings. The van der Waals surface area contributed by atoms with Gasteiger partial charge in [-0.15, -0.1) is 0 Å². The minimum Gasteiger partial charge on any atom is -0.453 e. The van der Waals surface area contributed by atoms with Crippen molar-refractivity contribution in [3.63, 3.8) is 0 Å². The molecule has 0 saturated heterocycles. The maximum atomic E-state index is 12.0. The lowest BCUT2D eigenvalue weighted by atomic mass is 9.93. The van der Waals surface area contributed by atoms with E-state index in [9.17, 15) is 9.59 Å². The molecule has 2 atom stereocenters. The van der Waals surface area contributed by atoms with E-state index < -0.39 is 18.0 Å². The second-order valence-electron chi connectivity index (χ2n) is 6.93. The summed E-state index contributed by atoms with van der Waals surface area (Å²) >= 11 is 0. The van der Waals surface area contributed by atoms with Crippen LogP contribution in [0.15, 0.2) is 24.3 Å². The molecule has 1 rings (SSSR count). The fourth-order valence-electron chi connectivity index (χ4n) is 2.61. The lowest BCUT2D eigenvalue weighted by molar-refractivity contribution is -0.122. The first-order chi connectivity index (χ1) is 11.2. The number of amides is 2. The van der Waals surface area contributed by atoms with Crippen molar-refractivity contribution in [1.82, 2.24) is 10.6 Å². The van der Waals surface area contributed by atoms with Gasteiger partial charge in [0.2, 0.25) is 5.91 Å². The predicted octanol–water partition coefficient (Wildman–Crippen LogP) is 3.44. The van der Waals surface area contributed by atoms with Crippen molar-refractivity contribution in [1.29, 1.82) is 0 Å². The van der Waals surface area contributed by atoms with Crippen LogP contribution in [0.5, 0.6) is 0 Å². The van der Waals surface area contributed by atoms with E-state index in [0.29, 0.717) is 11.8 Å². The number of hydrogen-bond acceptors (Lipinski definition) is 4. The first-order valence-electron chi connectivity index (χ1n) is 8.48. The van der Waals surface area contributed by atoms with Gasteiger partial charge in [0, 0.05) is 6.04 Å². The third-order valence-electron chi connectivity index (χ3n) is 3.88. The van der Waals surface area contributed by atoms with Crippen LogP contribution in [0.4, 0.5) is 4.79 Å². The van der Waals surface area contributed by atoms with Crippen LogP contribution in [0.3, 0.4) is 0 Å². The minimum atomic E-state index is -0.743. The van der Waals surface area contributed by atoms with Crippen LogP contribution >= 0.6 is 0 Å². The summed E-state index contributed by atoms with van der Waals surface area (Å²) in [6, 6.07) is 8.03. The molecule has 2 N–H and O–H groups in total. The number of imide groups is 1. The summed E-state index contributed by atoms with van der Waals surface area (Å²) in [6.45, 7) is 10.3. The Labute approximate surface area is 145 Å². The average Bonchev–Trinajstić information content (AvgIpc) is 2.52. The molecule has 0 bridgehead atoms. The van der Waals surface area contributed by atoms with E-state index in [0.717, 1.165) is 12.0 Å². The van der Waals surface area contributed by atoms with Crippen LogP contribution in [0.25, 0.3) is 0 Å². The summed E-state index contributed by atoms with van der Waals surface area (Å²) in [5.41, 5.74) is 2.45. The molecule has 0 saturated carbocycles. The summed E-state index contributed by atoms with van der Waals surface area (Å²) in [5.74, 6) is 0.523. The van der Waals surface area contributed by atoms with Crippen molar-refractivity contribution in [2.45, 2.75) is 53.1 Å². The number of nitrogens with one attached hydrogen (secondary N) is 2. The van der Waals surface area contributed by atoms with E-state index in [-0.39, 0.29) is 6.04 Å². The lowest BCUT2D eigenvalue weighted by Gasteiger charge is -2.26. The molecule has 134 valence electrons. The molecule has 2 amide bonds. The van der Waals surface area contributed by atoms with Crippen LogP contribution in [0, 0.1) is 11.8 Å². The largest absolute Gasteiger partial charge is 0.453 e. The standard InChI is InChI=1S/C19H30N2O3/c1-12(2)11-15-7-9-16(10-8-15)17(13(3)4)20-14(5)18(22)21-19(23)24-6/h7-10,12-14,17,20H,11H2,1-6H3,(H,21,22,23)/t14-,17-/m0/s1. The van der Waals surface area contributed by atoms with Crippen molar-refractivity contribution in [2.75, 3.05) is 7.11 Å². The smallest absolute Gasteiger partial charge is 0.413 e. The molecule has 1 aromatic rings.